The van der Waals surface area contributed by atoms with Gasteiger partial charge < -0.3 is 10.1 Å². The lowest BCUT2D eigenvalue weighted by molar-refractivity contribution is -0.151. The molecule has 4 unspecified atom stereocenters. The number of rotatable bonds is 4. The highest BCUT2D eigenvalue weighted by molar-refractivity contribution is 5.81. The first-order valence-corrected chi connectivity index (χ1v) is 8.14. The number of esters is 1. The molecule has 1 heterocycles. The molecule has 0 spiro atoms. The van der Waals surface area contributed by atoms with Crippen LogP contribution in [-0.4, -0.2) is 48.7 Å². The zero-order valence-corrected chi connectivity index (χ0v) is 13.4. The fourth-order valence-corrected chi connectivity index (χ4v) is 4.05. The third-order valence-corrected chi connectivity index (χ3v) is 5.29. The van der Waals surface area contributed by atoms with Gasteiger partial charge in [0.2, 0.25) is 0 Å². The van der Waals surface area contributed by atoms with Crippen LogP contribution in [0.3, 0.4) is 0 Å². The monoisotopic (exact) mass is 282 g/mol. The van der Waals surface area contributed by atoms with Crippen molar-refractivity contribution in [2.45, 2.75) is 70.5 Å². The lowest BCUT2D eigenvalue weighted by atomic mass is 9.91. The van der Waals surface area contributed by atoms with Crippen molar-refractivity contribution in [1.29, 1.82) is 0 Å². The van der Waals surface area contributed by atoms with E-state index in [-0.39, 0.29) is 5.97 Å². The van der Waals surface area contributed by atoms with Gasteiger partial charge in [0.25, 0.3) is 0 Å². The van der Waals surface area contributed by atoms with E-state index in [0.29, 0.717) is 18.7 Å². The highest BCUT2D eigenvalue weighted by Gasteiger charge is 2.47. The van der Waals surface area contributed by atoms with Crippen molar-refractivity contribution in [3.8, 4) is 0 Å². The maximum absolute atomic E-state index is 12.3. The summed E-state index contributed by atoms with van der Waals surface area (Å²) in [5.74, 6) is 0.768. The number of nitrogens with zero attached hydrogens (tertiary/aromatic N) is 1. The maximum Gasteiger partial charge on any atom is 0.326 e. The van der Waals surface area contributed by atoms with Crippen LogP contribution in [-0.2, 0) is 9.53 Å². The van der Waals surface area contributed by atoms with E-state index in [1.807, 2.05) is 14.0 Å². The summed E-state index contributed by atoms with van der Waals surface area (Å²) < 4.78 is 5.28. The second-order valence-electron chi connectivity index (χ2n) is 6.67. The number of carbonyl (C=O) groups excluding carboxylic acids is 1. The van der Waals surface area contributed by atoms with Crippen LogP contribution < -0.4 is 5.32 Å². The van der Waals surface area contributed by atoms with E-state index in [0.717, 1.165) is 25.2 Å². The van der Waals surface area contributed by atoms with Gasteiger partial charge in [-0.1, -0.05) is 6.92 Å². The third kappa shape index (κ3) is 3.01. The predicted molar refractivity (Wildman–Crippen MR) is 80.6 cm³/mol. The van der Waals surface area contributed by atoms with Gasteiger partial charge in [0.05, 0.1) is 6.61 Å². The van der Waals surface area contributed by atoms with E-state index < -0.39 is 5.54 Å². The number of hydrogen-bond acceptors (Lipinski definition) is 4. The molecule has 1 N–H and O–H groups in total. The molecule has 0 aromatic rings. The second kappa shape index (κ2) is 6.44. The Morgan fingerprint density at radius 1 is 1.40 bits per heavy atom. The van der Waals surface area contributed by atoms with Gasteiger partial charge in [-0.15, -0.1) is 0 Å². The quantitative estimate of drug-likeness (QED) is 0.803. The number of carbonyl (C=O) groups is 1. The summed E-state index contributed by atoms with van der Waals surface area (Å²) in [6, 6.07) is 1.16. The Morgan fingerprint density at radius 3 is 2.75 bits per heavy atom. The highest BCUT2D eigenvalue weighted by atomic mass is 16.5. The van der Waals surface area contributed by atoms with E-state index in [1.54, 1.807) is 0 Å². The highest BCUT2D eigenvalue weighted by Crippen LogP contribution is 2.37. The van der Waals surface area contributed by atoms with Gasteiger partial charge in [0.1, 0.15) is 5.54 Å². The zero-order chi connectivity index (χ0) is 14.8. The van der Waals surface area contributed by atoms with Crippen molar-refractivity contribution in [1.82, 2.24) is 10.2 Å². The minimum absolute atomic E-state index is 0.0666. The normalized spacial score (nSPS) is 38.9. The van der Waals surface area contributed by atoms with E-state index in [1.165, 1.54) is 19.4 Å². The first kappa shape index (κ1) is 15.8. The van der Waals surface area contributed by atoms with Crippen molar-refractivity contribution < 1.29 is 9.53 Å². The van der Waals surface area contributed by atoms with Gasteiger partial charge in [-0.05, 0) is 65.5 Å². The molecule has 4 heteroatoms. The molecule has 0 amide bonds. The molecule has 20 heavy (non-hydrogen) atoms. The number of hydrogen-bond donors (Lipinski definition) is 1. The van der Waals surface area contributed by atoms with Crippen molar-refractivity contribution in [3.63, 3.8) is 0 Å². The summed E-state index contributed by atoms with van der Waals surface area (Å²) >= 11 is 0. The van der Waals surface area contributed by atoms with Gasteiger partial charge in [-0.3, -0.25) is 9.69 Å². The Balaban J connectivity index is 2.01. The minimum atomic E-state index is -0.455. The summed E-state index contributed by atoms with van der Waals surface area (Å²) in [4.78, 5) is 14.9. The largest absolute Gasteiger partial charge is 0.465 e. The topological polar surface area (TPSA) is 41.6 Å². The Labute approximate surface area is 123 Å². The first-order chi connectivity index (χ1) is 9.52. The van der Waals surface area contributed by atoms with E-state index >= 15 is 0 Å². The van der Waals surface area contributed by atoms with Crippen molar-refractivity contribution in [3.05, 3.63) is 0 Å². The van der Waals surface area contributed by atoms with Crippen LogP contribution in [0.15, 0.2) is 0 Å². The molecule has 1 aliphatic heterocycles. The van der Waals surface area contributed by atoms with Crippen LogP contribution in [0, 0.1) is 5.92 Å². The Hall–Kier alpha value is -0.610. The van der Waals surface area contributed by atoms with E-state index in [4.69, 9.17) is 4.74 Å². The lowest BCUT2D eigenvalue weighted by Crippen LogP contribution is -2.52. The summed E-state index contributed by atoms with van der Waals surface area (Å²) in [7, 11) is 1.89. The predicted octanol–water partition coefficient (Wildman–Crippen LogP) is 2.18. The third-order valence-electron chi connectivity index (χ3n) is 5.29. The van der Waals surface area contributed by atoms with Gasteiger partial charge in [0, 0.05) is 12.1 Å². The molecule has 1 aliphatic carbocycles. The van der Waals surface area contributed by atoms with Crippen LogP contribution in [0.5, 0.6) is 0 Å². The van der Waals surface area contributed by atoms with Crippen molar-refractivity contribution in [2.75, 3.05) is 20.2 Å². The zero-order valence-electron chi connectivity index (χ0n) is 13.4. The Morgan fingerprint density at radius 2 is 2.15 bits per heavy atom. The standard InChI is InChI=1S/C16H30N2O2/c1-5-20-15(19)16(17-4)8-6-14(11-16)18-9-7-12(2)10-13(18)3/h12-14,17H,5-11H2,1-4H3. The molecular formula is C16H30N2O2. The molecular weight excluding hydrogens is 252 g/mol. The molecule has 0 radical (unpaired) electrons. The summed E-state index contributed by atoms with van der Waals surface area (Å²) in [6.45, 7) is 8.19. The fourth-order valence-electron chi connectivity index (χ4n) is 4.05. The maximum atomic E-state index is 12.3. The summed E-state index contributed by atoms with van der Waals surface area (Å²) in [5, 5.41) is 3.25. The average molecular weight is 282 g/mol. The lowest BCUT2D eigenvalue weighted by Gasteiger charge is -2.41. The summed E-state index contributed by atoms with van der Waals surface area (Å²) in [5.41, 5.74) is -0.455. The average Bonchev–Trinajstić information content (AvgIpc) is 2.84. The van der Waals surface area contributed by atoms with Crippen LogP contribution in [0.25, 0.3) is 0 Å². The number of nitrogens with one attached hydrogen (secondary N) is 1. The molecule has 0 bridgehead atoms. The number of ether oxygens (including phenoxy) is 1. The number of likely N-dealkylation sites (tertiary alicyclic amines) is 1. The molecule has 2 aliphatic rings. The first-order valence-electron chi connectivity index (χ1n) is 8.14. The Kier molecular flexibility index (Phi) is 5.08. The summed E-state index contributed by atoms with van der Waals surface area (Å²) in [6.07, 6.45) is 5.44. The minimum Gasteiger partial charge on any atom is -0.465 e. The number of piperidine rings is 1. The van der Waals surface area contributed by atoms with Gasteiger partial charge >= 0.3 is 5.97 Å². The van der Waals surface area contributed by atoms with Crippen LogP contribution in [0.4, 0.5) is 0 Å². The molecule has 2 fully saturated rings. The molecule has 4 nitrogen and oxygen atoms in total. The molecule has 4 atom stereocenters. The molecule has 0 aromatic carbocycles. The van der Waals surface area contributed by atoms with Crippen molar-refractivity contribution in [2.24, 2.45) is 5.92 Å². The number of likely N-dealkylation sites (N-methyl/N-ethyl adjacent to an activating group) is 1. The fraction of sp³-hybridized carbons (Fsp3) is 0.938. The molecule has 0 aromatic heterocycles. The van der Waals surface area contributed by atoms with E-state index in [9.17, 15) is 4.79 Å². The van der Waals surface area contributed by atoms with Crippen LogP contribution in [0.2, 0.25) is 0 Å². The van der Waals surface area contributed by atoms with E-state index in [2.05, 4.69) is 24.1 Å². The second-order valence-corrected chi connectivity index (χ2v) is 6.67. The molecule has 1 saturated heterocycles. The van der Waals surface area contributed by atoms with Crippen molar-refractivity contribution >= 4 is 5.97 Å². The van der Waals surface area contributed by atoms with Crippen LogP contribution >= 0.6 is 0 Å². The van der Waals surface area contributed by atoms with Crippen LogP contribution in [0.1, 0.15) is 52.9 Å². The van der Waals surface area contributed by atoms with Gasteiger partial charge in [-0.2, -0.15) is 0 Å². The van der Waals surface area contributed by atoms with Gasteiger partial charge in [-0.25, -0.2) is 0 Å². The SMILES string of the molecule is CCOC(=O)C1(NC)CCC(N2CCC(C)CC2C)C1. The molecule has 1 saturated carbocycles. The molecule has 116 valence electrons. The smallest absolute Gasteiger partial charge is 0.326 e. The molecule has 2 rings (SSSR count). The van der Waals surface area contributed by atoms with Gasteiger partial charge in [0.15, 0.2) is 0 Å². The Bertz CT molecular complexity index is 347.